The zero-order valence-corrected chi connectivity index (χ0v) is 9.18. The van der Waals surface area contributed by atoms with E-state index in [-0.39, 0.29) is 12.5 Å². The van der Waals surface area contributed by atoms with Gasteiger partial charge in [-0.1, -0.05) is 0 Å². The topological polar surface area (TPSA) is 38.9 Å². The van der Waals surface area contributed by atoms with Crippen LogP contribution in [0.4, 0.5) is 8.78 Å². The number of rotatable bonds is 3. The first-order valence-corrected chi connectivity index (χ1v) is 5.62. The second kappa shape index (κ2) is 4.67. The number of benzene rings is 1. The van der Waals surface area contributed by atoms with Crippen molar-refractivity contribution in [1.29, 1.82) is 0 Å². The van der Waals surface area contributed by atoms with Crippen LogP contribution in [0.5, 0.6) is 0 Å². The average Bonchev–Trinajstić information content (AvgIpc) is 2.76. The average molecular weight is 240 g/mol. The van der Waals surface area contributed by atoms with Crippen LogP contribution in [0.1, 0.15) is 16.5 Å². The number of aromatic nitrogens is 1. The van der Waals surface area contributed by atoms with Gasteiger partial charge in [-0.2, -0.15) is 0 Å². The van der Waals surface area contributed by atoms with Crippen molar-refractivity contribution in [3.8, 4) is 0 Å². The highest BCUT2D eigenvalue weighted by Gasteiger charge is 2.12. The zero-order valence-electron chi connectivity index (χ0n) is 8.36. The summed E-state index contributed by atoms with van der Waals surface area (Å²) in [6.07, 6.45) is 1.92. The van der Waals surface area contributed by atoms with Gasteiger partial charge in [0.25, 0.3) is 0 Å². The molecule has 0 fully saturated rings. The van der Waals surface area contributed by atoms with E-state index < -0.39 is 11.6 Å². The summed E-state index contributed by atoms with van der Waals surface area (Å²) < 4.78 is 26.3. The molecule has 16 heavy (non-hydrogen) atoms. The molecule has 0 aliphatic carbocycles. The van der Waals surface area contributed by atoms with Crippen molar-refractivity contribution >= 4 is 11.3 Å². The molecular formula is C11H10F2N2S. The molecule has 1 atom stereocenters. The molecule has 0 amide bonds. The molecule has 0 bridgehead atoms. The summed E-state index contributed by atoms with van der Waals surface area (Å²) in [6, 6.07) is 3.04. The van der Waals surface area contributed by atoms with Gasteiger partial charge in [-0.3, -0.25) is 4.98 Å². The van der Waals surface area contributed by atoms with E-state index in [0.717, 1.165) is 17.0 Å². The molecule has 0 saturated carbocycles. The Morgan fingerprint density at radius 1 is 1.38 bits per heavy atom. The Morgan fingerprint density at radius 3 is 2.88 bits per heavy atom. The van der Waals surface area contributed by atoms with Gasteiger partial charge in [-0.25, -0.2) is 8.78 Å². The standard InChI is InChI=1S/C11H10F2N2S/c12-8-1-2-9(13)7(3-8)4-10(14)11-5-15-6-16-11/h1-3,5-6,10H,4,14H2. The Bertz CT molecular complexity index is 471. The predicted molar refractivity (Wildman–Crippen MR) is 59.1 cm³/mol. The van der Waals surface area contributed by atoms with Crippen molar-refractivity contribution < 1.29 is 8.78 Å². The molecule has 1 aromatic heterocycles. The van der Waals surface area contributed by atoms with Gasteiger partial charge >= 0.3 is 0 Å². The molecule has 0 aliphatic rings. The summed E-state index contributed by atoms with van der Waals surface area (Å²) in [5.41, 5.74) is 7.83. The fraction of sp³-hybridized carbons (Fsp3) is 0.182. The van der Waals surface area contributed by atoms with Crippen LogP contribution in [0.15, 0.2) is 29.9 Å². The van der Waals surface area contributed by atoms with E-state index in [1.165, 1.54) is 17.4 Å². The minimum absolute atomic E-state index is 0.270. The van der Waals surface area contributed by atoms with Crippen LogP contribution in [0.25, 0.3) is 0 Å². The van der Waals surface area contributed by atoms with Crippen molar-refractivity contribution in [1.82, 2.24) is 4.98 Å². The molecule has 2 rings (SSSR count). The van der Waals surface area contributed by atoms with Crippen LogP contribution in [0.2, 0.25) is 0 Å². The lowest BCUT2D eigenvalue weighted by molar-refractivity contribution is 0.574. The molecule has 2 aromatic rings. The minimum atomic E-state index is -0.451. The summed E-state index contributed by atoms with van der Waals surface area (Å²) in [5, 5.41) is 0. The first-order valence-electron chi connectivity index (χ1n) is 4.74. The lowest BCUT2D eigenvalue weighted by atomic mass is 10.1. The van der Waals surface area contributed by atoms with Gasteiger partial charge in [0.05, 0.1) is 5.51 Å². The van der Waals surface area contributed by atoms with E-state index in [4.69, 9.17) is 5.73 Å². The summed E-state index contributed by atoms with van der Waals surface area (Å²) in [7, 11) is 0. The van der Waals surface area contributed by atoms with Crippen molar-refractivity contribution in [3.05, 3.63) is 52.0 Å². The van der Waals surface area contributed by atoms with E-state index >= 15 is 0 Å². The van der Waals surface area contributed by atoms with Crippen LogP contribution >= 0.6 is 11.3 Å². The molecule has 0 aliphatic heterocycles. The number of hydrogen-bond donors (Lipinski definition) is 1. The fourth-order valence-corrected chi connectivity index (χ4v) is 2.07. The van der Waals surface area contributed by atoms with Crippen LogP contribution < -0.4 is 5.73 Å². The van der Waals surface area contributed by atoms with Crippen molar-refractivity contribution in [2.24, 2.45) is 5.73 Å². The van der Waals surface area contributed by atoms with Crippen LogP contribution in [0.3, 0.4) is 0 Å². The maximum Gasteiger partial charge on any atom is 0.126 e. The monoisotopic (exact) mass is 240 g/mol. The highest BCUT2D eigenvalue weighted by molar-refractivity contribution is 7.09. The van der Waals surface area contributed by atoms with E-state index in [2.05, 4.69) is 4.98 Å². The quantitative estimate of drug-likeness (QED) is 0.895. The number of nitrogens with zero attached hydrogens (tertiary/aromatic N) is 1. The molecule has 1 heterocycles. The molecule has 0 spiro atoms. The normalized spacial score (nSPS) is 12.7. The Labute approximate surface area is 95.7 Å². The highest BCUT2D eigenvalue weighted by atomic mass is 32.1. The molecule has 0 radical (unpaired) electrons. The summed E-state index contributed by atoms with van der Waals surface area (Å²) in [6.45, 7) is 0. The number of hydrogen-bond acceptors (Lipinski definition) is 3. The highest BCUT2D eigenvalue weighted by Crippen LogP contribution is 2.21. The van der Waals surface area contributed by atoms with E-state index in [9.17, 15) is 8.78 Å². The maximum atomic E-state index is 13.3. The van der Waals surface area contributed by atoms with Crippen LogP contribution in [-0.2, 0) is 6.42 Å². The third kappa shape index (κ3) is 2.43. The lowest BCUT2D eigenvalue weighted by Gasteiger charge is -2.09. The number of halogens is 2. The number of thiazole rings is 1. The molecule has 1 aromatic carbocycles. The molecule has 2 N–H and O–H groups in total. The zero-order chi connectivity index (χ0) is 11.5. The Morgan fingerprint density at radius 2 is 2.19 bits per heavy atom. The Kier molecular flexibility index (Phi) is 3.26. The van der Waals surface area contributed by atoms with Gasteiger partial charge in [0.15, 0.2) is 0 Å². The SMILES string of the molecule is NC(Cc1cc(F)ccc1F)c1cncs1. The first-order chi connectivity index (χ1) is 7.66. The molecule has 0 saturated heterocycles. The molecule has 2 nitrogen and oxygen atoms in total. The van der Waals surface area contributed by atoms with Crippen LogP contribution in [0, 0.1) is 11.6 Å². The van der Waals surface area contributed by atoms with E-state index in [1.54, 1.807) is 11.7 Å². The van der Waals surface area contributed by atoms with Crippen molar-refractivity contribution in [2.75, 3.05) is 0 Å². The van der Waals surface area contributed by atoms with Crippen molar-refractivity contribution in [2.45, 2.75) is 12.5 Å². The van der Waals surface area contributed by atoms with E-state index in [0.29, 0.717) is 5.56 Å². The van der Waals surface area contributed by atoms with Crippen LogP contribution in [-0.4, -0.2) is 4.98 Å². The third-order valence-corrected chi connectivity index (χ3v) is 3.17. The molecule has 84 valence electrons. The second-order valence-electron chi connectivity index (χ2n) is 3.45. The van der Waals surface area contributed by atoms with Gasteiger partial charge in [0, 0.05) is 17.1 Å². The molecular weight excluding hydrogens is 230 g/mol. The first kappa shape index (κ1) is 11.2. The summed E-state index contributed by atoms with van der Waals surface area (Å²) in [5.74, 6) is -0.880. The molecule has 5 heteroatoms. The minimum Gasteiger partial charge on any atom is -0.323 e. The summed E-state index contributed by atoms with van der Waals surface area (Å²) in [4.78, 5) is 4.76. The smallest absolute Gasteiger partial charge is 0.126 e. The van der Waals surface area contributed by atoms with Gasteiger partial charge in [0.1, 0.15) is 11.6 Å². The van der Waals surface area contributed by atoms with E-state index in [1.807, 2.05) is 0 Å². The third-order valence-electron chi connectivity index (χ3n) is 2.26. The Hall–Kier alpha value is -1.33. The maximum absolute atomic E-state index is 13.3. The van der Waals surface area contributed by atoms with Gasteiger partial charge in [0.2, 0.25) is 0 Å². The fourth-order valence-electron chi connectivity index (χ4n) is 1.45. The second-order valence-corrected chi connectivity index (χ2v) is 4.37. The van der Waals surface area contributed by atoms with Gasteiger partial charge < -0.3 is 5.73 Å². The van der Waals surface area contributed by atoms with Gasteiger partial charge in [-0.15, -0.1) is 11.3 Å². The predicted octanol–water partition coefficient (Wildman–Crippen LogP) is 2.66. The lowest BCUT2D eigenvalue weighted by Crippen LogP contribution is -2.12. The van der Waals surface area contributed by atoms with Crippen molar-refractivity contribution in [3.63, 3.8) is 0 Å². The summed E-state index contributed by atoms with van der Waals surface area (Å²) >= 11 is 1.41. The van der Waals surface area contributed by atoms with Gasteiger partial charge in [-0.05, 0) is 30.2 Å². The largest absolute Gasteiger partial charge is 0.323 e. The number of nitrogens with two attached hydrogens (primary N) is 1. The molecule has 1 unspecified atom stereocenters. The Balaban J connectivity index is 2.17.